The van der Waals surface area contributed by atoms with Crippen LogP contribution >= 0.6 is 23.1 Å². The van der Waals surface area contributed by atoms with E-state index < -0.39 is 5.92 Å². The van der Waals surface area contributed by atoms with Gasteiger partial charge in [-0.1, -0.05) is 11.8 Å². The molecule has 4 rings (SSSR count). The highest BCUT2D eigenvalue weighted by Crippen LogP contribution is 2.37. The van der Waals surface area contributed by atoms with E-state index in [4.69, 9.17) is 9.47 Å². The molecule has 0 bridgehead atoms. The summed E-state index contributed by atoms with van der Waals surface area (Å²) in [6.45, 7) is 4.22. The molecule has 1 aliphatic heterocycles. The zero-order chi connectivity index (χ0) is 23.5. The second-order valence-corrected chi connectivity index (χ2v) is 9.94. The van der Waals surface area contributed by atoms with E-state index in [2.05, 4.69) is 10.3 Å². The van der Waals surface area contributed by atoms with Crippen LogP contribution in [-0.4, -0.2) is 37.6 Å². The van der Waals surface area contributed by atoms with Crippen molar-refractivity contribution in [3.63, 3.8) is 0 Å². The van der Waals surface area contributed by atoms with Crippen LogP contribution in [0.15, 0.2) is 51.0 Å². The topological polar surface area (TPSA) is 80.8 Å². The molecule has 1 unspecified atom stereocenters. The predicted molar refractivity (Wildman–Crippen MR) is 131 cm³/mol. The first-order valence-corrected chi connectivity index (χ1v) is 12.1. The van der Waals surface area contributed by atoms with Crippen molar-refractivity contribution in [3.05, 3.63) is 53.0 Å². The molecule has 2 amide bonds. The molecule has 1 aliphatic rings. The first-order chi connectivity index (χ1) is 15.9. The molecule has 7 nitrogen and oxygen atoms in total. The van der Waals surface area contributed by atoms with Crippen molar-refractivity contribution in [2.24, 2.45) is 5.92 Å². The van der Waals surface area contributed by atoms with E-state index >= 15 is 0 Å². The van der Waals surface area contributed by atoms with E-state index in [0.717, 1.165) is 26.2 Å². The maximum Gasteiger partial charge on any atom is 0.229 e. The number of carbonyl (C=O) groups excluding carboxylic acids is 2. The predicted octanol–water partition coefficient (Wildman–Crippen LogP) is 4.92. The number of amides is 2. The number of aryl methyl sites for hydroxylation is 2. The van der Waals surface area contributed by atoms with Crippen LogP contribution in [0.2, 0.25) is 0 Å². The lowest BCUT2D eigenvalue weighted by Crippen LogP contribution is -2.28. The molecule has 1 N–H and O–H groups in total. The number of nitrogens with zero attached hydrogens (tertiary/aromatic N) is 2. The van der Waals surface area contributed by atoms with Crippen LogP contribution in [0.5, 0.6) is 11.5 Å². The standard InChI is InChI=1S/C24H25N3O4S2/c1-14-9-18(33-24-25-15(2)13-32-24)6-7-19(14)26-23(29)16-10-22(28)27(12-16)20-11-17(30-3)5-8-21(20)31-4/h5-9,11,13,16H,10,12H2,1-4H3,(H,26,29). The number of nitrogens with one attached hydrogen (secondary N) is 1. The van der Waals surface area contributed by atoms with Gasteiger partial charge in [-0.25, -0.2) is 4.98 Å². The Balaban J connectivity index is 1.45. The molecule has 1 saturated heterocycles. The summed E-state index contributed by atoms with van der Waals surface area (Å²) >= 11 is 3.22. The number of rotatable bonds is 7. The van der Waals surface area contributed by atoms with Gasteiger partial charge in [0.1, 0.15) is 11.5 Å². The Morgan fingerprint density at radius 3 is 2.67 bits per heavy atom. The van der Waals surface area contributed by atoms with Gasteiger partial charge in [0.2, 0.25) is 11.8 Å². The summed E-state index contributed by atoms with van der Waals surface area (Å²) in [4.78, 5) is 32.9. The van der Waals surface area contributed by atoms with Crippen molar-refractivity contribution in [3.8, 4) is 11.5 Å². The third-order valence-corrected chi connectivity index (χ3v) is 7.48. The summed E-state index contributed by atoms with van der Waals surface area (Å²) in [6, 6.07) is 11.2. The van der Waals surface area contributed by atoms with Crippen LogP contribution in [-0.2, 0) is 9.59 Å². The monoisotopic (exact) mass is 483 g/mol. The third kappa shape index (κ3) is 5.15. The lowest BCUT2D eigenvalue weighted by atomic mass is 10.1. The Morgan fingerprint density at radius 1 is 1.18 bits per heavy atom. The Hall–Kier alpha value is -3.04. The van der Waals surface area contributed by atoms with E-state index in [-0.39, 0.29) is 24.8 Å². The van der Waals surface area contributed by atoms with Crippen molar-refractivity contribution < 1.29 is 19.1 Å². The minimum Gasteiger partial charge on any atom is -0.497 e. The van der Waals surface area contributed by atoms with Crippen LogP contribution in [0.4, 0.5) is 11.4 Å². The number of ether oxygens (including phenoxy) is 2. The fourth-order valence-corrected chi connectivity index (χ4v) is 5.59. The first kappa shape index (κ1) is 23.1. The second-order valence-electron chi connectivity index (χ2n) is 7.77. The zero-order valence-corrected chi connectivity index (χ0v) is 20.5. The highest BCUT2D eigenvalue weighted by atomic mass is 32.2. The van der Waals surface area contributed by atoms with Crippen molar-refractivity contribution >= 4 is 46.3 Å². The van der Waals surface area contributed by atoms with E-state index in [1.165, 1.54) is 0 Å². The van der Waals surface area contributed by atoms with Crippen molar-refractivity contribution in [1.29, 1.82) is 0 Å². The Bertz CT molecular complexity index is 1190. The van der Waals surface area contributed by atoms with Crippen molar-refractivity contribution in [1.82, 2.24) is 4.98 Å². The van der Waals surface area contributed by atoms with Crippen LogP contribution in [0.25, 0.3) is 0 Å². The molecule has 2 heterocycles. The molecule has 0 aliphatic carbocycles. The summed E-state index contributed by atoms with van der Waals surface area (Å²) in [5.74, 6) is 0.424. The lowest BCUT2D eigenvalue weighted by Gasteiger charge is -2.20. The first-order valence-electron chi connectivity index (χ1n) is 10.4. The fourth-order valence-electron chi connectivity index (χ4n) is 3.68. The van der Waals surface area contributed by atoms with Crippen LogP contribution in [0.3, 0.4) is 0 Å². The largest absolute Gasteiger partial charge is 0.497 e. The number of thiazole rings is 1. The van der Waals surface area contributed by atoms with Gasteiger partial charge in [0.15, 0.2) is 4.34 Å². The average molecular weight is 484 g/mol. The fraction of sp³-hybridized carbons (Fsp3) is 0.292. The van der Waals surface area contributed by atoms with E-state index in [1.54, 1.807) is 60.4 Å². The summed E-state index contributed by atoms with van der Waals surface area (Å²) in [6.07, 6.45) is 0.141. The quantitative estimate of drug-likeness (QED) is 0.514. The van der Waals surface area contributed by atoms with Gasteiger partial charge in [-0.15, -0.1) is 11.3 Å². The molecular weight excluding hydrogens is 458 g/mol. The number of methoxy groups -OCH3 is 2. The molecule has 1 fully saturated rings. The van der Waals surface area contributed by atoms with Gasteiger partial charge in [0, 0.05) is 40.7 Å². The molecule has 33 heavy (non-hydrogen) atoms. The SMILES string of the molecule is COc1ccc(OC)c(N2CC(C(=O)Nc3ccc(Sc4nc(C)cs4)cc3C)CC2=O)c1. The highest BCUT2D eigenvalue weighted by molar-refractivity contribution is 8.01. The lowest BCUT2D eigenvalue weighted by molar-refractivity contribution is -0.122. The maximum absolute atomic E-state index is 13.0. The molecule has 172 valence electrons. The van der Waals surface area contributed by atoms with Gasteiger partial charge in [0.05, 0.1) is 25.8 Å². The molecule has 9 heteroatoms. The molecule has 2 aromatic carbocycles. The number of anilines is 2. The normalized spacial score (nSPS) is 15.6. The van der Waals surface area contributed by atoms with Gasteiger partial charge in [0.25, 0.3) is 0 Å². The smallest absolute Gasteiger partial charge is 0.229 e. The second kappa shape index (κ2) is 9.84. The van der Waals surface area contributed by atoms with Gasteiger partial charge in [-0.05, 0) is 49.7 Å². The minimum atomic E-state index is -0.458. The molecule has 1 atom stereocenters. The zero-order valence-electron chi connectivity index (χ0n) is 18.9. The summed E-state index contributed by atoms with van der Waals surface area (Å²) in [7, 11) is 3.12. The van der Waals surface area contributed by atoms with Crippen LogP contribution in [0.1, 0.15) is 17.7 Å². The van der Waals surface area contributed by atoms with E-state index in [1.807, 2.05) is 37.4 Å². The van der Waals surface area contributed by atoms with Gasteiger partial charge in [-0.3, -0.25) is 9.59 Å². The van der Waals surface area contributed by atoms with Crippen molar-refractivity contribution in [2.45, 2.75) is 29.5 Å². The number of aromatic nitrogens is 1. The maximum atomic E-state index is 13.0. The summed E-state index contributed by atoms with van der Waals surface area (Å²) in [5, 5.41) is 5.02. The Kier molecular flexibility index (Phi) is 6.90. The molecule has 1 aromatic heterocycles. The van der Waals surface area contributed by atoms with E-state index in [9.17, 15) is 9.59 Å². The van der Waals surface area contributed by atoms with E-state index in [0.29, 0.717) is 17.2 Å². The van der Waals surface area contributed by atoms with Crippen molar-refractivity contribution in [2.75, 3.05) is 31.0 Å². The Labute approximate surface area is 201 Å². The van der Waals surface area contributed by atoms with Crippen LogP contribution < -0.4 is 19.7 Å². The number of hydrogen-bond donors (Lipinski definition) is 1. The van der Waals surface area contributed by atoms with Gasteiger partial charge < -0.3 is 19.7 Å². The Morgan fingerprint density at radius 2 is 2.00 bits per heavy atom. The number of carbonyl (C=O) groups is 2. The molecular formula is C24H25N3O4S2. The third-order valence-electron chi connectivity index (χ3n) is 5.43. The highest BCUT2D eigenvalue weighted by Gasteiger charge is 2.36. The summed E-state index contributed by atoms with van der Waals surface area (Å²) in [5.41, 5.74) is 3.31. The van der Waals surface area contributed by atoms with Gasteiger partial charge in [-0.2, -0.15) is 0 Å². The molecule has 3 aromatic rings. The number of benzene rings is 2. The van der Waals surface area contributed by atoms with Gasteiger partial charge >= 0.3 is 0 Å². The molecule has 0 spiro atoms. The minimum absolute atomic E-state index is 0.121. The summed E-state index contributed by atoms with van der Waals surface area (Å²) < 4.78 is 11.7. The van der Waals surface area contributed by atoms with Crippen LogP contribution in [0, 0.1) is 19.8 Å². The number of hydrogen-bond acceptors (Lipinski definition) is 7. The molecule has 0 saturated carbocycles. The molecule has 0 radical (unpaired) electrons. The average Bonchev–Trinajstić information content (AvgIpc) is 3.40.